The van der Waals surface area contributed by atoms with E-state index in [1.54, 1.807) is 30.3 Å². The average molecular weight is 474 g/mol. The Morgan fingerprint density at radius 3 is 2.21 bits per heavy atom. The number of rotatable bonds is 6. The Kier molecular flexibility index (Phi) is 6.31. The van der Waals surface area contributed by atoms with Crippen LogP contribution in [0.25, 0.3) is 0 Å². The van der Waals surface area contributed by atoms with Crippen LogP contribution in [0.15, 0.2) is 41.3 Å². The second-order valence-corrected chi connectivity index (χ2v) is 10.0. The van der Waals surface area contributed by atoms with Crippen molar-refractivity contribution in [3.05, 3.63) is 42.0 Å². The van der Waals surface area contributed by atoms with Gasteiger partial charge in [0.25, 0.3) is 0 Å². The molecule has 2 aliphatic heterocycles. The van der Waals surface area contributed by atoms with Crippen molar-refractivity contribution in [1.29, 1.82) is 0 Å². The standard InChI is InChI=1S/C23H27N3O6S/c1-15(27)26-21-7-6-20(33(29,30)25-8-4-5-9-25)10-16(21)11-22(26)23(28)24-17-12-18(31-2)14-19(13-17)32-3/h6-7,10,12-14,22H,4-5,8-9,11H2,1-3H3,(H,24,28)/t22-/m0/s1. The Bertz CT molecular complexity index is 1170. The van der Waals surface area contributed by atoms with Crippen LogP contribution < -0.4 is 19.7 Å². The Balaban J connectivity index is 1.61. The number of carbonyl (C=O) groups is 2. The third-order valence-electron chi connectivity index (χ3n) is 6.00. The fraction of sp³-hybridized carbons (Fsp3) is 0.391. The highest BCUT2D eigenvalue weighted by Crippen LogP contribution is 2.36. The molecule has 9 nitrogen and oxygen atoms in total. The van der Waals surface area contributed by atoms with Crippen molar-refractivity contribution in [2.45, 2.75) is 37.1 Å². The summed E-state index contributed by atoms with van der Waals surface area (Å²) in [6, 6.07) is 8.89. The van der Waals surface area contributed by atoms with E-state index in [2.05, 4.69) is 5.32 Å². The van der Waals surface area contributed by atoms with Gasteiger partial charge in [0.05, 0.1) is 19.1 Å². The number of fused-ring (bicyclic) bond motifs is 1. The number of sulfonamides is 1. The van der Waals surface area contributed by atoms with Gasteiger partial charge in [-0.1, -0.05) is 0 Å². The highest BCUT2D eigenvalue weighted by molar-refractivity contribution is 7.89. The fourth-order valence-electron chi connectivity index (χ4n) is 4.37. The fourth-order valence-corrected chi connectivity index (χ4v) is 5.94. The quantitative estimate of drug-likeness (QED) is 0.691. The SMILES string of the molecule is COc1cc(NC(=O)[C@@H]2Cc3cc(S(=O)(=O)N4CCCC4)ccc3N2C(C)=O)cc(OC)c1. The number of nitrogens with zero attached hydrogens (tertiary/aromatic N) is 2. The Morgan fingerprint density at radius 1 is 1.00 bits per heavy atom. The minimum atomic E-state index is -3.60. The molecule has 0 bridgehead atoms. The predicted molar refractivity (Wildman–Crippen MR) is 123 cm³/mol. The minimum Gasteiger partial charge on any atom is -0.497 e. The molecule has 0 radical (unpaired) electrons. The minimum absolute atomic E-state index is 0.185. The Hall–Kier alpha value is -3.11. The first-order chi connectivity index (χ1) is 15.7. The van der Waals surface area contributed by atoms with E-state index in [0.29, 0.717) is 41.5 Å². The van der Waals surface area contributed by atoms with Gasteiger partial charge in [-0.25, -0.2) is 8.42 Å². The maximum absolute atomic E-state index is 13.2. The molecule has 10 heteroatoms. The van der Waals surface area contributed by atoms with Gasteiger partial charge in [-0.05, 0) is 36.6 Å². The molecule has 0 spiro atoms. The lowest BCUT2D eigenvalue weighted by Gasteiger charge is -2.23. The Labute approximate surface area is 193 Å². The molecule has 1 saturated heterocycles. The first-order valence-electron chi connectivity index (χ1n) is 10.7. The highest BCUT2D eigenvalue weighted by atomic mass is 32.2. The largest absolute Gasteiger partial charge is 0.497 e. The summed E-state index contributed by atoms with van der Waals surface area (Å²) in [5.41, 5.74) is 1.66. The molecule has 176 valence electrons. The van der Waals surface area contributed by atoms with Crippen molar-refractivity contribution in [3.8, 4) is 11.5 Å². The normalized spacial score (nSPS) is 18.2. The van der Waals surface area contributed by atoms with E-state index in [4.69, 9.17) is 9.47 Å². The number of amides is 2. The molecule has 0 unspecified atom stereocenters. The number of nitrogens with one attached hydrogen (secondary N) is 1. The van der Waals surface area contributed by atoms with Crippen LogP contribution in [-0.2, 0) is 26.0 Å². The van der Waals surface area contributed by atoms with Crippen LogP contribution >= 0.6 is 0 Å². The van der Waals surface area contributed by atoms with Crippen molar-refractivity contribution in [2.24, 2.45) is 0 Å². The van der Waals surface area contributed by atoms with Crippen LogP contribution in [0, 0.1) is 0 Å². The van der Waals surface area contributed by atoms with Gasteiger partial charge in [-0.3, -0.25) is 14.5 Å². The number of hydrogen-bond donors (Lipinski definition) is 1. The van der Waals surface area contributed by atoms with Gasteiger partial charge in [0.15, 0.2) is 0 Å². The lowest BCUT2D eigenvalue weighted by atomic mass is 10.1. The molecular weight excluding hydrogens is 446 g/mol. The van der Waals surface area contributed by atoms with E-state index < -0.39 is 16.1 Å². The topological polar surface area (TPSA) is 105 Å². The van der Waals surface area contributed by atoms with Crippen LogP contribution in [-0.4, -0.2) is 57.9 Å². The molecule has 33 heavy (non-hydrogen) atoms. The van der Waals surface area contributed by atoms with Crippen LogP contribution in [0.3, 0.4) is 0 Å². The number of methoxy groups -OCH3 is 2. The van der Waals surface area contributed by atoms with E-state index in [9.17, 15) is 18.0 Å². The van der Waals surface area contributed by atoms with Gasteiger partial charge in [-0.15, -0.1) is 0 Å². The van der Waals surface area contributed by atoms with Crippen molar-refractivity contribution in [1.82, 2.24) is 4.31 Å². The molecule has 2 heterocycles. The average Bonchev–Trinajstić information content (AvgIpc) is 3.46. The summed E-state index contributed by atoms with van der Waals surface area (Å²) in [5, 5.41) is 2.82. The summed E-state index contributed by atoms with van der Waals surface area (Å²) in [4.78, 5) is 27.2. The molecule has 0 saturated carbocycles. The zero-order valence-electron chi connectivity index (χ0n) is 18.8. The highest BCUT2D eigenvalue weighted by Gasteiger charge is 2.38. The zero-order chi connectivity index (χ0) is 23.8. The summed E-state index contributed by atoms with van der Waals surface area (Å²) >= 11 is 0. The van der Waals surface area contributed by atoms with E-state index in [-0.39, 0.29) is 23.1 Å². The van der Waals surface area contributed by atoms with E-state index in [1.165, 1.54) is 36.4 Å². The maximum Gasteiger partial charge on any atom is 0.247 e. The first kappa shape index (κ1) is 23.1. The molecule has 2 aromatic rings. The van der Waals surface area contributed by atoms with E-state index in [1.807, 2.05) is 0 Å². The molecule has 2 aliphatic rings. The summed E-state index contributed by atoms with van der Waals surface area (Å²) in [6.07, 6.45) is 1.91. The van der Waals surface area contributed by atoms with Crippen molar-refractivity contribution >= 4 is 33.2 Å². The van der Waals surface area contributed by atoms with Gasteiger partial charge in [0.1, 0.15) is 17.5 Å². The summed E-state index contributed by atoms with van der Waals surface area (Å²) < 4.78 is 37.9. The number of benzene rings is 2. The van der Waals surface area contributed by atoms with Crippen LogP contribution in [0.4, 0.5) is 11.4 Å². The third kappa shape index (κ3) is 4.40. The number of hydrogen-bond acceptors (Lipinski definition) is 6. The number of ether oxygens (including phenoxy) is 2. The molecular formula is C23H27N3O6S. The van der Waals surface area contributed by atoms with Gasteiger partial charge >= 0.3 is 0 Å². The van der Waals surface area contributed by atoms with Crippen molar-refractivity contribution in [3.63, 3.8) is 0 Å². The van der Waals surface area contributed by atoms with Gasteiger partial charge in [-0.2, -0.15) is 4.31 Å². The van der Waals surface area contributed by atoms with Crippen molar-refractivity contribution < 1.29 is 27.5 Å². The summed E-state index contributed by atoms with van der Waals surface area (Å²) in [6.45, 7) is 2.40. The second-order valence-electron chi connectivity index (χ2n) is 8.10. The van der Waals surface area contributed by atoms with E-state index in [0.717, 1.165) is 12.8 Å². The lowest BCUT2D eigenvalue weighted by molar-refractivity contribution is -0.122. The first-order valence-corrected chi connectivity index (χ1v) is 12.2. The molecule has 1 N–H and O–H groups in total. The Morgan fingerprint density at radius 2 is 1.64 bits per heavy atom. The predicted octanol–water partition coefficient (Wildman–Crippen LogP) is 2.40. The van der Waals surface area contributed by atoms with Gasteiger partial charge < -0.3 is 14.8 Å². The third-order valence-corrected chi connectivity index (χ3v) is 7.89. The molecule has 2 aromatic carbocycles. The molecule has 0 aromatic heterocycles. The smallest absolute Gasteiger partial charge is 0.247 e. The number of anilines is 2. The monoisotopic (exact) mass is 473 g/mol. The molecule has 1 atom stereocenters. The maximum atomic E-state index is 13.2. The summed E-state index contributed by atoms with van der Waals surface area (Å²) in [7, 11) is -0.572. The summed E-state index contributed by atoms with van der Waals surface area (Å²) in [5.74, 6) is 0.340. The number of carbonyl (C=O) groups excluding carboxylic acids is 2. The van der Waals surface area contributed by atoms with Crippen LogP contribution in [0.1, 0.15) is 25.3 Å². The van der Waals surface area contributed by atoms with Crippen molar-refractivity contribution in [2.75, 3.05) is 37.5 Å². The van der Waals surface area contributed by atoms with Gasteiger partial charge in [0, 0.05) is 56.0 Å². The second kappa shape index (κ2) is 9.03. The molecule has 4 rings (SSSR count). The van der Waals surface area contributed by atoms with Gasteiger partial charge in [0.2, 0.25) is 21.8 Å². The zero-order valence-corrected chi connectivity index (χ0v) is 19.6. The molecule has 2 amide bonds. The molecule has 1 fully saturated rings. The molecule has 0 aliphatic carbocycles. The van der Waals surface area contributed by atoms with E-state index >= 15 is 0 Å². The van der Waals surface area contributed by atoms with Crippen LogP contribution in [0.5, 0.6) is 11.5 Å². The lowest BCUT2D eigenvalue weighted by Crippen LogP contribution is -2.44. The van der Waals surface area contributed by atoms with Crippen LogP contribution in [0.2, 0.25) is 0 Å².